The maximum Gasteiger partial charge on any atom is 0.220 e. The molecule has 1 aromatic carbocycles. The van der Waals surface area contributed by atoms with Gasteiger partial charge in [-0.25, -0.2) is 18.4 Å². The van der Waals surface area contributed by atoms with E-state index in [-0.39, 0.29) is 18.0 Å². The van der Waals surface area contributed by atoms with Gasteiger partial charge in [-0.1, -0.05) is 0 Å². The lowest BCUT2D eigenvalue weighted by atomic mass is 10.1. The lowest BCUT2D eigenvalue weighted by Gasteiger charge is -2.27. The van der Waals surface area contributed by atoms with Crippen LogP contribution in [0.5, 0.6) is 0 Å². The molecule has 3 heterocycles. The molecule has 0 spiro atoms. The molecule has 1 N–H and O–H groups in total. The number of alkyl halides is 1. The van der Waals surface area contributed by atoms with Crippen molar-refractivity contribution in [2.24, 2.45) is 0 Å². The second-order valence-electron chi connectivity index (χ2n) is 7.25. The van der Waals surface area contributed by atoms with Gasteiger partial charge < -0.3 is 10.1 Å². The lowest BCUT2D eigenvalue weighted by molar-refractivity contribution is 0.0286. The van der Waals surface area contributed by atoms with E-state index in [0.717, 1.165) is 0 Å². The molecule has 2 atom stereocenters. The van der Waals surface area contributed by atoms with Crippen LogP contribution in [0.25, 0.3) is 16.8 Å². The maximum absolute atomic E-state index is 14.4. The topological polar surface area (TPSA) is 52.0 Å². The first-order valence-electron chi connectivity index (χ1n) is 9.38. The summed E-state index contributed by atoms with van der Waals surface area (Å²) in [6.45, 7) is 3.98. The Hall–Kier alpha value is -2.87. The second kappa shape index (κ2) is 7.87. The van der Waals surface area contributed by atoms with Gasteiger partial charge in [0, 0.05) is 23.9 Å². The van der Waals surface area contributed by atoms with Gasteiger partial charge in [-0.3, -0.25) is 0 Å². The highest BCUT2D eigenvalue weighted by Gasteiger charge is 2.25. The van der Waals surface area contributed by atoms with Crippen molar-refractivity contribution in [3.63, 3.8) is 0 Å². The molecule has 1 aliphatic rings. The smallest absolute Gasteiger partial charge is 0.220 e. The number of nitrogens with zero attached hydrogens (tertiary/aromatic N) is 3. The van der Waals surface area contributed by atoms with E-state index in [1.807, 2.05) is 0 Å². The van der Waals surface area contributed by atoms with E-state index < -0.39 is 18.2 Å². The first kappa shape index (κ1) is 19.4. The quantitative estimate of drug-likeness (QED) is 0.659. The number of pyridine rings is 1. The third kappa shape index (κ3) is 3.98. The van der Waals surface area contributed by atoms with Crippen LogP contribution in [-0.2, 0) is 4.74 Å². The van der Waals surface area contributed by atoms with Gasteiger partial charge in [-0.05, 0) is 49.6 Å². The van der Waals surface area contributed by atoms with Crippen molar-refractivity contribution in [2.75, 3.05) is 18.5 Å². The molecule has 0 saturated carbocycles. The van der Waals surface area contributed by atoms with E-state index in [4.69, 9.17) is 4.74 Å². The van der Waals surface area contributed by atoms with Gasteiger partial charge in [0.15, 0.2) is 0 Å². The molecule has 4 rings (SSSR count). The number of benzene rings is 1. The lowest BCUT2D eigenvalue weighted by Crippen LogP contribution is -2.39. The fraction of sp³-hybridized carbons (Fsp3) is 0.333. The summed E-state index contributed by atoms with van der Waals surface area (Å²) in [6, 6.07) is 4.33. The van der Waals surface area contributed by atoms with Gasteiger partial charge in [0.05, 0.1) is 36.4 Å². The first-order chi connectivity index (χ1) is 13.9. The normalized spacial score (nSPS) is 19.3. The van der Waals surface area contributed by atoms with Gasteiger partial charge in [0.1, 0.15) is 12.0 Å². The molecular weight excluding hydrogens is 381 g/mol. The minimum absolute atomic E-state index is 0.0440. The number of rotatable bonds is 4. The molecule has 0 amide bonds. The van der Waals surface area contributed by atoms with Crippen molar-refractivity contribution in [3.05, 3.63) is 59.7 Å². The number of anilines is 1. The van der Waals surface area contributed by atoms with Gasteiger partial charge >= 0.3 is 0 Å². The number of aromatic nitrogens is 3. The van der Waals surface area contributed by atoms with Crippen LogP contribution in [0.15, 0.2) is 36.8 Å². The molecule has 29 heavy (non-hydrogen) atoms. The van der Waals surface area contributed by atoms with E-state index in [2.05, 4.69) is 15.4 Å². The van der Waals surface area contributed by atoms with Crippen LogP contribution in [0.3, 0.4) is 0 Å². The number of nitrogens with one attached hydrogen (secondary N) is 1. The molecule has 2 aromatic heterocycles. The van der Waals surface area contributed by atoms with Gasteiger partial charge in [-0.15, -0.1) is 0 Å². The maximum atomic E-state index is 14.4. The molecule has 0 aliphatic carbocycles. The Balaban J connectivity index is 1.63. The van der Waals surface area contributed by atoms with Gasteiger partial charge in [0.2, 0.25) is 5.95 Å². The summed E-state index contributed by atoms with van der Waals surface area (Å²) in [5, 5.41) is 7.37. The monoisotopic (exact) mass is 402 g/mol. The molecule has 1 aliphatic heterocycles. The van der Waals surface area contributed by atoms with Crippen molar-refractivity contribution in [1.82, 2.24) is 14.8 Å². The molecule has 0 radical (unpaired) electrons. The van der Waals surface area contributed by atoms with Crippen LogP contribution in [0.2, 0.25) is 0 Å². The molecule has 1 fully saturated rings. The predicted octanol–water partition coefficient (Wildman–Crippen LogP) is 4.37. The van der Waals surface area contributed by atoms with E-state index >= 15 is 0 Å². The summed E-state index contributed by atoms with van der Waals surface area (Å²) in [6.07, 6.45) is 3.92. The number of ether oxygens (including phenoxy) is 1. The fourth-order valence-corrected chi connectivity index (χ4v) is 3.42. The van der Waals surface area contributed by atoms with Gasteiger partial charge in [0.25, 0.3) is 0 Å². The molecular formula is C21H21F3N4O. The SMILES string of the molecule is Cc1cc(-n2cc(-c3cc(NC4CCOCC4F)cnc3F)cn2)c(C)cc1F. The minimum atomic E-state index is -1.13. The van der Waals surface area contributed by atoms with Crippen LogP contribution >= 0.6 is 0 Å². The van der Waals surface area contributed by atoms with Crippen LogP contribution in [0.1, 0.15) is 17.5 Å². The van der Waals surface area contributed by atoms with Crippen molar-refractivity contribution in [2.45, 2.75) is 32.5 Å². The standard InChI is InChI=1S/C21H21F3N4O/c1-12-6-20(13(2)5-17(12)22)28-10-14(8-26-28)16-7-15(9-25-21(16)24)27-19-3-4-29-11-18(19)23/h5-10,18-19,27H,3-4,11H2,1-2H3. The predicted molar refractivity (Wildman–Crippen MR) is 104 cm³/mol. The highest BCUT2D eigenvalue weighted by atomic mass is 19.1. The minimum Gasteiger partial charge on any atom is -0.378 e. The zero-order valence-electron chi connectivity index (χ0n) is 16.1. The van der Waals surface area contributed by atoms with Crippen molar-refractivity contribution in [3.8, 4) is 16.8 Å². The number of hydrogen-bond acceptors (Lipinski definition) is 4. The second-order valence-corrected chi connectivity index (χ2v) is 7.25. The third-order valence-corrected chi connectivity index (χ3v) is 5.10. The van der Waals surface area contributed by atoms with Crippen LogP contribution in [0.4, 0.5) is 18.9 Å². The summed E-state index contributed by atoms with van der Waals surface area (Å²) in [5.41, 5.74) is 3.21. The van der Waals surface area contributed by atoms with Crippen LogP contribution in [-0.4, -0.2) is 40.2 Å². The Morgan fingerprint density at radius 1 is 1.14 bits per heavy atom. The summed E-state index contributed by atoms with van der Waals surface area (Å²) in [4.78, 5) is 3.80. The molecule has 8 heteroatoms. The molecule has 3 aromatic rings. The largest absolute Gasteiger partial charge is 0.378 e. The summed E-state index contributed by atoms with van der Waals surface area (Å²) >= 11 is 0. The zero-order valence-corrected chi connectivity index (χ0v) is 16.1. The summed E-state index contributed by atoms with van der Waals surface area (Å²) in [7, 11) is 0. The number of hydrogen-bond donors (Lipinski definition) is 1. The molecule has 152 valence electrons. The first-order valence-corrected chi connectivity index (χ1v) is 9.38. The Morgan fingerprint density at radius 3 is 2.76 bits per heavy atom. The number of halogens is 3. The van der Waals surface area contributed by atoms with Crippen LogP contribution < -0.4 is 5.32 Å². The highest BCUT2D eigenvalue weighted by molar-refractivity contribution is 5.67. The summed E-state index contributed by atoms with van der Waals surface area (Å²) < 4.78 is 48.8. The van der Waals surface area contributed by atoms with Crippen molar-refractivity contribution in [1.29, 1.82) is 0 Å². The van der Waals surface area contributed by atoms with Crippen LogP contribution in [0, 0.1) is 25.6 Å². The Labute approximate surface area is 166 Å². The van der Waals surface area contributed by atoms with Crippen molar-refractivity contribution >= 4 is 5.69 Å². The van der Waals surface area contributed by atoms with Gasteiger partial charge in [-0.2, -0.15) is 9.49 Å². The molecule has 0 bridgehead atoms. The Bertz CT molecular complexity index is 1040. The Morgan fingerprint density at radius 2 is 1.97 bits per heavy atom. The zero-order chi connectivity index (χ0) is 20.5. The molecule has 1 saturated heterocycles. The van der Waals surface area contributed by atoms with Crippen molar-refractivity contribution < 1.29 is 17.9 Å². The average Bonchev–Trinajstić information content (AvgIpc) is 3.17. The number of aryl methyl sites for hydroxylation is 2. The highest BCUT2D eigenvalue weighted by Crippen LogP contribution is 2.27. The van der Waals surface area contributed by atoms with E-state index in [0.29, 0.717) is 41.1 Å². The molecule has 5 nitrogen and oxygen atoms in total. The fourth-order valence-electron chi connectivity index (χ4n) is 3.42. The van der Waals surface area contributed by atoms with E-state index in [1.165, 1.54) is 18.5 Å². The van der Waals surface area contributed by atoms with E-state index in [1.54, 1.807) is 36.9 Å². The molecule has 2 unspecified atom stereocenters. The van der Waals surface area contributed by atoms with E-state index in [9.17, 15) is 13.2 Å². The summed E-state index contributed by atoms with van der Waals surface area (Å²) in [5.74, 6) is -0.933. The third-order valence-electron chi connectivity index (χ3n) is 5.10. The average molecular weight is 402 g/mol. The Kier molecular flexibility index (Phi) is 5.27.